The normalized spacial score (nSPS) is 22.7. The predicted molar refractivity (Wildman–Crippen MR) is 78.6 cm³/mol. The molecule has 1 saturated carbocycles. The van der Waals surface area contributed by atoms with Crippen LogP contribution < -0.4 is 5.32 Å². The third-order valence-electron chi connectivity index (χ3n) is 4.35. The molecule has 2 N–H and O–H groups in total. The molecule has 0 amide bonds. The number of hydrogen-bond acceptors (Lipinski definition) is 1. The van der Waals surface area contributed by atoms with Gasteiger partial charge in [-0.2, -0.15) is 0 Å². The van der Waals surface area contributed by atoms with Crippen LogP contribution >= 0.6 is 0 Å². The van der Waals surface area contributed by atoms with Gasteiger partial charge in [0.05, 0.1) is 6.57 Å². The molecule has 0 spiro atoms. The Balaban J connectivity index is 2.02. The van der Waals surface area contributed by atoms with Gasteiger partial charge in [-0.05, 0) is 61.4 Å². The largest absolute Gasteiger partial charge is 0.361 e. The van der Waals surface area contributed by atoms with Crippen molar-refractivity contribution in [2.24, 2.45) is 5.92 Å². The molecule has 1 fully saturated rings. The maximum atomic E-state index is 7.16. The van der Waals surface area contributed by atoms with Crippen LogP contribution in [0.5, 0.6) is 0 Å². The van der Waals surface area contributed by atoms with Crippen molar-refractivity contribution in [3.63, 3.8) is 0 Å². The van der Waals surface area contributed by atoms with E-state index in [0.29, 0.717) is 5.92 Å². The summed E-state index contributed by atoms with van der Waals surface area (Å²) in [5, 5.41) is 4.55. The Morgan fingerprint density at radius 2 is 2.32 bits per heavy atom. The van der Waals surface area contributed by atoms with E-state index in [0.717, 1.165) is 23.7 Å². The molecule has 2 aromatic rings. The van der Waals surface area contributed by atoms with E-state index in [-0.39, 0.29) is 0 Å². The molecule has 1 aromatic carbocycles. The van der Waals surface area contributed by atoms with Gasteiger partial charge in [0.15, 0.2) is 5.69 Å². The lowest BCUT2D eigenvalue weighted by Crippen LogP contribution is -2.20. The lowest BCUT2D eigenvalue weighted by atomic mass is 9.88. The van der Waals surface area contributed by atoms with Gasteiger partial charge in [0, 0.05) is 11.7 Å². The van der Waals surface area contributed by atoms with Crippen molar-refractivity contribution in [2.75, 3.05) is 13.6 Å². The molecule has 1 heterocycles. The summed E-state index contributed by atoms with van der Waals surface area (Å²) in [6.07, 6.45) is 6.03. The summed E-state index contributed by atoms with van der Waals surface area (Å²) in [5.41, 5.74) is 3.28. The summed E-state index contributed by atoms with van der Waals surface area (Å²) in [6.45, 7) is 8.25. The quantitative estimate of drug-likeness (QED) is 0.801. The molecule has 1 aromatic heterocycles. The van der Waals surface area contributed by atoms with Crippen LogP contribution in [0.4, 0.5) is 5.69 Å². The lowest BCUT2D eigenvalue weighted by Gasteiger charge is -2.19. The minimum absolute atomic E-state index is 0.627. The average Bonchev–Trinajstić information content (AvgIpc) is 3.04. The smallest absolute Gasteiger partial charge is 0.187 e. The Morgan fingerprint density at radius 1 is 1.42 bits per heavy atom. The maximum absolute atomic E-state index is 7.16. The van der Waals surface area contributed by atoms with E-state index in [2.05, 4.69) is 21.3 Å². The standard InChI is InChI=1S/C16H19N3/c1-17-9-11-4-3-5-13(11)15-10-19-16-7-6-12(18-2)8-14(15)16/h6-8,10-11,13,17,19H,3-5,9H2,1H3. The average molecular weight is 253 g/mol. The number of nitrogens with one attached hydrogen (secondary N) is 2. The summed E-state index contributed by atoms with van der Waals surface area (Å²) in [5.74, 6) is 1.35. The van der Waals surface area contributed by atoms with Gasteiger partial charge >= 0.3 is 0 Å². The highest BCUT2D eigenvalue weighted by Gasteiger charge is 2.29. The van der Waals surface area contributed by atoms with E-state index >= 15 is 0 Å². The minimum Gasteiger partial charge on any atom is -0.361 e. The van der Waals surface area contributed by atoms with E-state index in [1.165, 1.54) is 30.2 Å². The van der Waals surface area contributed by atoms with Crippen molar-refractivity contribution >= 4 is 16.6 Å². The molecule has 0 bridgehead atoms. The van der Waals surface area contributed by atoms with Crippen molar-refractivity contribution in [3.05, 3.63) is 41.4 Å². The second-order valence-corrected chi connectivity index (χ2v) is 5.44. The number of aromatic nitrogens is 1. The van der Waals surface area contributed by atoms with Gasteiger partial charge in [0.25, 0.3) is 0 Å². The first-order chi connectivity index (χ1) is 9.33. The van der Waals surface area contributed by atoms with Crippen molar-refractivity contribution in [2.45, 2.75) is 25.2 Å². The first kappa shape index (κ1) is 12.3. The SMILES string of the molecule is [C-]#[N+]c1ccc2[nH]cc(C3CCCC3CNC)c2c1. The number of nitrogens with zero attached hydrogens (tertiary/aromatic N) is 1. The molecule has 2 atom stereocenters. The monoisotopic (exact) mass is 253 g/mol. The summed E-state index contributed by atoms with van der Waals surface area (Å²) in [7, 11) is 2.03. The highest BCUT2D eigenvalue weighted by Crippen LogP contribution is 2.42. The molecule has 1 aliphatic carbocycles. The Morgan fingerprint density at radius 3 is 3.11 bits per heavy atom. The Kier molecular flexibility index (Phi) is 3.27. The minimum atomic E-state index is 0.627. The molecule has 0 radical (unpaired) electrons. The number of H-pyrrole nitrogens is 1. The summed E-state index contributed by atoms with van der Waals surface area (Å²) >= 11 is 0. The summed E-state index contributed by atoms with van der Waals surface area (Å²) in [6, 6.07) is 5.94. The predicted octanol–water partition coefficient (Wildman–Crippen LogP) is 3.82. The zero-order chi connectivity index (χ0) is 13.2. The van der Waals surface area contributed by atoms with Gasteiger partial charge < -0.3 is 10.3 Å². The highest BCUT2D eigenvalue weighted by atomic mass is 14.8. The van der Waals surface area contributed by atoms with Gasteiger partial charge in [-0.3, -0.25) is 0 Å². The topological polar surface area (TPSA) is 32.2 Å². The van der Waals surface area contributed by atoms with Crippen LogP contribution in [-0.2, 0) is 0 Å². The van der Waals surface area contributed by atoms with Crippen LogP contribution in [0.3, 0.4) is 0 Å². The second-order valence-electron chi connectivity index (χ2n) is 5.44. The number of rotatable bonds is 3. The Labute approximate surface area is 113 Å². The molecular formula is C16H19N3. The molecule has 3 rings (SSSR count). The highest BCUT2D eigenvalue weighted by molar-refractivity contribution is 5.87. The fourth-order valence-electron chi connectivity index (χ4n) is 3.46. The second kappa shape index (κ2) is 5.07. The molecule has 3 nitrogen and oxygen atoms in total. The maximum Gasteiger partial charge on any atom is 0.187 e. The molecular weight excluding hydrogens is 234 g/mol. The zero-order valence-electron chi connectivity index (χ0n) is 11.2. The molecule has 2 unspecified atom stereocenters. The van der Waals surface area contributed by atoms with E-state index in [4.69, 9.17) is 6.57 Å². The fraction of sp³-hybridized carbons (Fsp3) is 0.438. The molecule has 98 valence electrons. The van der Waals surface area contributed by atoms with Gasteiger partial charge in [-0.1, -0.05) is 12.5 Å². The van der Waals surface area contributed by atoms with Gasteiger partial charge in [-0.25, -0.2) is 4.85 Å². The van der Waals surface area contributed by atoms with E-state index in [9.17, 15) is 0 Å². The van der Waals surface area contributed by atoms with Crippen molar-refractivity contribution in [1.29, 1.82) is 0 Å². The number of benzene rings is 1. The van der Waals surface area contributed by atoms with Crippen molar-refractivity contribution in [1.82, 2.24) is 10.3 Å². The Hall–Kier alpha value is -1.79. The van der Waals surface area contributed by atoms with E-state index in [1.54, 1.807) is 0 Å². The van der Waals surface area contributed by atoms with Gasteiger partial charge in [0.2, 0.25) is 0 Å². The summed E-state index contributed by atoms with van der Waals surface area (Å²) < 4.78 is 0. The molecule has 0 aliphatic heterocycles. The van der Waals surface area contributed by atoms with Crippen LogP contribution in [-0.4, -0.2) is 18.6 Å². The first-order valence-corrected chi connectivity index (χ1v) is 6.96. The van der Waals surface area contributed by atoms with Crippen molar-refractivity contribution in [3.8, 4) is 0 Å². The third-order valence-corrected chi connectivity index (χ3v) is 4.35. The van der Waals surface area contributed by atoms with Crippen LogP contribution in [0.15, 0.2) is 24.4 Å². The van der Waals surface area contributed by atoms with Gasteiger partial charge in [-0.15, -0.1) is 0 Å². The molecule has 0 saturated heterocycles. The molecule has 19 heavy (non-hydrogen) atoms. The number of fused-ring (bicyclic) bond motifs is 1. The number of hydrogen-bond donors (Lipinski definition) is 2. The molecule has 1 aliphatic rings. The van der Waals surface area contributed by atoms with E-state index < -0.39 is 0 Å². The van der Waals surface area contributed by atoms with Crippen LogP contribution in [0.2, 0.25) is 0 Å². The molecule has 3 heteroatoms. The van der Waals surface area contributed by atoms with Crippen LogP contribution in [0.25, 0.3) is 15.7 Å². The van der Waals surface area contributed by atoms with E-state index in [1.807, 2.05) is 25.2 Å². The van der Waals surface area contributed by atoms with Crippen molar-refractivity contribution < 1.29 is 0 Å². The lowest BCUT2D eigenvalue weighted by molar-refractivity contribution is 0.464. The first-order valence-electron chi connectivity index (χ1n) is 6.96. The van der Waals surface area contributed by atoms with Crippen LogP contribution in [0.1, 0.15) is 30.7 Å². The van der Waals surface area contributed by atoms with Crippen LogP contribution in [0, 0.1) is 12.5 Å². The summed E-state index contributed by atoms with van der Waals surface area (Å²) in [4.78, 5) is 6.90. The fourth-order valence-corrected chi connectivity index (χ4v) is 3.46. The third kappa shape index (κ3) is 2.13. The zero-order valence-corrected chi connectivity index (χ0v) is 11.2. The Bertz CT molecular complexity index is 620. The van der Waals surface area contributed by atoms with Gasteiger partial charge in [0.1, 0.15) is 0 Å². The number of aromatic amines is 1.